The van der Waals surface area contributed by atoms with Gasteiger partial charge in [0.1, 0.15) is 0 Å². The van der Waals surface area contributed by atoms with Crippen molar-refractivity contribution in [3.8, 4) is 0 Å². The lowest BCUT2D eigenvalue weighted by molar-refractivity contribution is -0.120. The number of hydrogen-bond acceptors (Lipinski definition) is 3. The number of carbonyl (C=O) groups excluding carboxylic acids is 1. The number of carbonyl (C=O) groups is 1. The van der Waals surface area contributed by atoms with E-state index in [0.29, 0.717) is 13.0 Å². The summed E-state index contributed by atoms with van der Waals surface area (Å²) in [5.41, 5.74) is 0.0480. The zero-order valence-corrected chi connectivity index (χ0v) is 11.7. The van der Waals surface area contributed by atoms with E-state index in [-0.39, 0.29) is 24.0 Å². The van der Waals surface area contributed by atoms with E-state index >= 15 is 0 Å². The summed E-state index contributed by atoms with van der Waals surface area (Å²) < 4.78 is 0. The minimum atomic E-state index is 0.0330. The Kier molecular flexibility index (Phi) is 8.17. The molecular formula is C13H28N2O2. The number of aliphatic hydroxyl groups excluding tert-OH is 1. The Morgan fingerprint density at radius 1 is 1.35 bits per heavy atom. The standard InChI is InChI=1S/C13H28N2O2/c1-5-6-8-14-12(17)10-15-11(7-9-16)13(2,3)4/h11,15-16H,5-10H2,1-4H3,(H,14,17). The van der Waals surface area contributed by atoms with Gasteiger partial charge in [0, 0.05) is 19.2 Å². The first-order valence-electron chi connectivity index (χ1n) is 6.52. The molecule has 17 heavy (non-hydrogen) atoms. The van der Waals surface area contributed by atoms with Crippen LogP contribution in [0.1, 0.15) is 47.0 Å². The molecule has 102 valence electrons. The fourth-order valence-electron chi connectivity index (χ4n) is 1.65. The van der Waals surface area contributed by atoms with Gasteiger partial charge in [0.15, 0.2) is 0 Å². The molecule has 0 heterocycles. The molecule has 0 aromatic carbocycles. The van der Waals surface area contributed by atoms with Gasteiger partial charge in [0.2, 0.25) is 5.91 Å². The number of nitrogens with one attached hydrogen (secondary N) is 2. The largest absolute Gasteiger partial charge is 0.396 e. The van der Waals surface area contributed by atoms with Gasteiger partial charge < -0.3 is 15.7 Å². The maximum atomic E-state index is 11.5. The van der Waals surface area contributed by atoms with Gasteiger partial charge in [-0.15, -0.1) is 0 Å². The molecule has 0 aliphatic heterocycles. The van der Waals surface area contributed by atoms with Gasteiger partial charge in [-0.25, -0.2) is 0 Å². The van der Waals surface area contributed by atoms with Crippen molar-refractivity contribution in [3.05, 3.63) is 0 Å². The van der Waals surface area contributed by atoms with Crippen molar-refractivity contribution < 1.29 is 9.90 Å². The summed E-state index contributed by atoms with van der Waals surface area (Å²) in [6.45, 7) is 9.64. The van der Waals surface area contributed by atoms with Crippen LogP contribution in [0.3, 0.4) is 0 Å². The number of amides is 1. The third-order valence-corrected chi connectivity index (χ3v) is 2.82. The van der Waals surface area contributed by atoms with Crippen molar-refractivity contribution >= 4 is 5.91 Å². The van der Waals surface area contributed by atoms with Crippen molar-refractivity contribution in [2.75, 3.05) is 19.7 Å². The van der Waals surface area contributed by atoms with Gasteiger partial charge in [-0.3, -0.25) is 4.79 Å². The van der Waals surface area contributed by atoms with Crippen LogP contribution in [0, 0.1) is 5.41 Å². The smallest absolute Gasteiger partial charge is 0.233 e. The Bertz CT molecular complexity index is 212. The molecule has 4 nitrogen and oxygen atoms in total. The van der Waals surface area contributed by atoms with Crippen LogP contribution < -0.4 is 10.6 Å². The Labute approximate surface area is 105 Å². The molecule has 1 unspecified atom stereocenters. The lowest BCUT2D eigenvalue weighted by Crippen LogP contribution is -2.45. The van der Waals surface area contributed by atoms with Crippen LogP contribution in [-0.2, 0) is 4.79 Å². The van der Waals surface area contributed by atoms with Crippen LogP contribution in [0.5, 0.6) is 0 Å². The topological polar surface area (TPSA) is 61.4 Å². The third-order valence-electron chi connectivity index (χ3n) is 2.82. The molecule has 0 aliphatic carbocycles. The predicted octanol–water partition coefficient (Wildman–Crippen LogP) is 1.29. The summed E-state index contributed by atoms with van der Waals surface area (Å²) in [6.07, 6.45) is 2.78. The summed E-state index contributed by atoms with van der Waals surface area (Å²) >= 11 is 0. The molecule has 0 aliphatic rings. The van der Waals surface area contributed by atoms with Crippen molar-refractivity contribution in [3.63, 3.8) is 0 Å². The molecule has 4 heteroatoms. The molecule has 0 spiro atoms. The molecule has 0 aromatic rings. The Morgan fingerprint density at radius 3 is 2.47 bits per heavy atom. The first-order chi connectivity index (χ1) is 7.91. The second-order valence-electron chi connectivity index (χ2n) is 5.52. The van der Waals surface area contributed by atoms with Crippen molar-refractivity contribution in [1.29, 1.82) is 0 Å². The minimum absolute atomic E-state index is 0.0330. The summed E-state index contributed by atoms with van der Waals surface area (Å²) in [6, 6.07) is 0.157. The van der Waals surface area contributed by atoms with E-state index in [4.69, 9.17) is 5.11 Å². The molecule has 0 rings (SSSR count). The molecule has 0 saturated heterocycles. The van der Waals surface area contributed by atoms with Gasteiger partial charge in [0.25, 0.3) is 0 Å². The molecule has 0 bridgehead atoms. The predicted molar refractivity (Wildman–Crippen MR) is 70.9 cm³/mol. The monoisotopic (exact) mass is 244 g/mol. The van der Waals surface area contributed by atoms with Gasteiger partial charge in [0.05, 0.1) is 6.54 Å². The fraction of sp³-hybridized carbons (Fsp3) is 0.923. The summed E-state index contributed by atoms with van der Waals surface area (Å²) in [7, 11) is 0. The molecule has 0 saturated carbocycles. The molecule has 0 radical (unpaired) electrons. The van der Waals surface area contributed by atoms with Crippen LogP contribution >= 0.6 is 0 Å². The zero-order chi connectivity index (χ0) is 13.3. The Balaban J connectivity index is 3.92. The highest BCUT2D eigenvalue weighted by molar-refractivity contribution is 5.77. The Hall–Kier alpha value is -0.610. The summed E-state index contributed by atoms with van der Waals surface area (Å²) in [4.78, 5) is 11.5. The normalized spacial score (nSPS) is 13.5. The van der Waals surface area contributed by atoms with E-state index in [1.54, 1.807) is 0 Å². The third kappa shape index (κ3) is 8.16. The Morgan fingerprint density at radius 2 is 2.00 bits per heavy atom. The molecule has 1 atom stereocenters. The van der Waals surface area contributed by atoms with Crippen LogP contribution in [-0.4, -0.2) is 36.8 Å². The molecule has 3 N–H and O–H groups in total. The molecule has 0 aromatic heterocycles. The zero-order valence-electron chi connectivity index (χ0n) is 11.7. The highest BCUT2D eigenvalue weighted by Crippen LogP contribution is 2.21. The second-order valence-corrected chi connectivity index (χ2v) is 5.52. The molecule has 0 fully saturated rings. The number of aliphatic hydroxyl groups is 1. The summed E-state index contributed by atoms with van der Waals surface area (Å²) in [5, 5.41) is 15.1. The lowest BCUT2D eigenvalue weighted by atomic mass is 9.85. The van der Waals surface area contributed by atoms with Gasteiger partial charge in [-0.1, -0.05) is 34.1 Å². The van der Waals surface area contributed by atoms with E-state index in [9.17, 15) is 4.79 Å². The van der Waals surface area contributed by atoms with Crippen LogP contribution in [0.15, 0.2) is 0 Å². The summed E-state index contributed by atoms with van der Waals surface area (Å²) in [5.74, 6) is 0.0330. The maximum Gasteiger partial charge on any atom is 0.233 e. The second kappa shape index (κ2) is 8.48. The van der Waals surface area contributed by atoms with Gasteiger partial charge >= 0.3 is 0 Å². The lowest BCUT2D eigenvalue weighted by Gasteiger charge is -2.31. The van der Waals surface area contributed by atoms with E-state index in [1.807, 2.05) is 0 Å². The van der Waals surface area contributed by atoms with E-state index in [0.717, 1.165) is 19.4 Å². The average Bonchev–Trinajstić information content (AvgIpc) is 2.23. The molecule has 1 amide bonds. The number of hydrogen-bond donors (Lipinski definition) is 3. The first kappa shape index (κ1) is 16.4. The number of rotatable bonds is 8. The molecular weight excluding hydrogens is 216 g/mol. The van der Waals surface area contributed by atoms with Crippen LogP contribution in [0.2, 0.25) is 0 Å². The SMILES string of the molecule is CCCCNC(=O)CNC(CCO)C(C)(C)C. The van der Waals surface area contributed by atoms with Crippen molar-refractivity contribution in [2.24, 2.45) is 5.41 Å². The van der Waals surface area contributed by atoms with Crippen molar-refractivity contribution in [2.45, 2.75) is 53.0 Å². The number of unbranched alkanes of at least 4 members (excludes halogenated alkanes) is 1. The van der Waals surface area contributed by atoms with E-state index in [2.05, 4.69) is 38.3 Å². The van der Waals surface area contributed by atoms with Crippen molar-refractivity contribution in [1.82, 2.24) is 10.6 Å². The minimum Gasteiger partial charge on any atom is -0.396 e. The highest BCUT2D eigenvalue weighted by atomic mass is 16.3. The highest BCUT2D eigenvalue weighted by Gasteiger charge is 2.23. The van der Waals surface area contributed by atoms with Gasteiger partial charge in [-0.05, 0) is 18.3 Å². The van der Waals surface area contributed by atoms with E-state index < -0.39 is 0 Å². The van der Waals surface area contributed by atoms with Crippen LogP contribution in [0.25, 0.3) is 0 Å². The maximum absolute atomic E-state index is 11.5. The first-order valence-corrected chi connectivity index (χ1v) is 6.52. The quantitative estimate of drug-likeness (QED) is 0.564. The fourth-order valence-corrected chi connectivity index (χ4v) is 1.65. The van der Waals surface area contributed by atoms with Gasteiger partial charge in [-0.2, -0.15) is 0 Å². The van der Waals surface area contributed by atoms with E-state index in [1.165, 1.54) is 0 Å². The average molecular weight is 244 g/mol. The van der Waals surface area contributed by atoms with Crippen LogP contribution in [0.4, 0.5) is 0 Å².